The van der Waals surface area contributed by atoms with Gasteiger partial charge in [0.25, 0.3) is 0 Å². The first-order valence-corrected chi connectivity index (χ1v) is 5.72. The molecule has 0 aromatic carbocycles. The van der Waals surface area contributed by atoms with Crippen LogP contribution in [0.25, 0.3) is 0 Å². The average molecular weight is 215 g/mol. The number of ether oxygens (including phenoxy) is 1. The van der Waals surface area contributed by atoms with Crippen LogP contribution in [0.2, 0.25) is 0 Å². The van der Waals surface area contributed by atoms with Crippen molar-refractivity contribution in [3.05, 3.63) is 0 Å². The molecule has 90 valence electrons. The maximum atomic E-state index is 11.0. The van der Waals surface area contributed by atoms with Crippen molar-refractivity contribution in [1.29, 1.82) is 0 Å². The fraction of sp³-hybridized carbons (Fsp3) is 0.917. The summed E-state index contributed by atoms with van der Waals surface area (Å²) < 4.78 is 5.00. The van der Waals surface area contributed by atoms with Crippen molar-refractivity contribution in [3.8, 4) is 0 Å². The Labute approximate surface area is 93.8 Å². The number of rotatable bonds is 9. The van der Waals surface area contributed by atoms with E-state index in [2.05, 4.69) is 18.9 Å². The van der Waals surface area contributed by atoms with Gasteiger partial charge in [-0.2, -0.15) is 0 Å². The van der Waals surface area contributed by atoms with E-state index in [-0.39, 0.29) is 5.41 Å². The summed E-state index contributed by atoms with van der Waals surface area (Å²) in [5.74, 6) is 0. The molecular weight excluding hydrogens is 190 g/mol. The van der Waals surface area contributed by atoms with Crippen LogP contribution in [0.5, 0.6) is 0 Å². The highest BCUT2D eigenvalue weighted by Crippen LogP contribution is 2.21. The highest BCUT2D eigenvalue weighted by molar-refractivity contribution is 5.58. The number of aldehydes is 1. The summed E-state index contributed by atoms with van der Waals surface area (Å²) in [4.78, 5) is 13.2. The van der Waals surface area contributed by atoms with E-state index >= 15 is 0 Å². The van der Waals surface area contributed by atoms with E-state index in [4.69, 9.17) is 4.74 Å². The molecule has 0 rings (SSSR count). The van der Waals surface area contributed by atoms with Crippen LogP contribution in [0.4, 0.5) is 0 Å². The molecule has 0 aromatic heterocycles. The zero-order valence-electron chi connectivity index (χ0n) is 10.6. The number of carbonyl (C=O) groups excluding carboxylic acids is 1. The van der Waals surface area contributed by atoms with Gasteiger partial charge in [-0.1, -0.05) is 20.3 Å². The van der Waals surface area contributed by atoms with Gasteiger partial charge in [0.2, 0.25) is 0 Å². The van der Waals surface area contributed by atoms with Gasteiger partial charge in [-0.25, -0.2) is 0 Å². The van der Waals surface area contributed by atoms with E-state index in [0.29, 0.717) is 0 Å². The summed E-state index contributed by atoms with van der Waals surface area (Å²) in [6.07, 6.45) is 4.14. The molecule has 0 heterocycles. The van der Waals surface area contributed by atoms with E-state index in [1.807, 2.05) is 6.92 Å². The Morgan fingerprint density at radius 2 is 2.13 bits per heavy atom. The number of carbonyl (C=O) groups is 1. The van der Waals surface area contributed by atoms with Crippen molar-refractivity contribution in [2.75, 3.05) is 33.9 Å². The Morgan fingerprint density at radius 1 is 1.47 bits per heavy atom. The Balaban J connectivity index is 3.89. The lowest BCUT2D eigenvalue weighted by Gasteiger charge is -2.28. The van der Waals surface area contributed by atoms with Crippen molar-refractivity contribution >= 4 is 6.29 Å². The predicted molar refractivity (Wildman–Crippen MR) is 63.1 cm³/mol. The largest absolute Gasteiger partial charge is 0.385 e. The third-order valence-electron chi connectivity index (χ3n) is 2.63. The Bertz CT molecular complexity index is 173. The lowest BCUT2D eigenvalue weighted by Crippen LogP contribution is -2.35. The van der Waals surface area contributed by atoms with Crippen LogP contribution in [0.1, 0.15) is 33.1 Å². The number of hydrogen-bond donors (Lipinski definition) is 0. The molecule has 0 bridgehead atoms. The predicted octanol–water partition coefficient (Wildman–Crippen LogP) is 1.96. The molecule has 1 unspecified atom stereocenters. The fourth-order valence-corrected chi connectivity index (χ4v) is 1.92. The number of methoxy groups -OCH3 is 1. The van der Waals surface area contributed by atoms with Crippen LogP contribution in [0.15, 0.2) is 0 Å². The lowest BCUT2D eigenvalue weighted by atomic mass is 9.87. The second-order valence-electron chi connectivity index (χ2n) is 4.61. The van der Waals surface area contributed by atoms with Gasteiger partial charge in [0.1, 0.15) is 6.29 Å². The maximum absolute atomic E-state index is 11.0. The summed E-state index contributed by atoms with van der Waals surface area (Å²) in [7, 11) is 3.78. The second kappa shape index (κ2) is 7.83. The number of hydrogen-bond acceptors (Lipinski definition) is 3. The first-order chi connectivity index (χ1) is 7.08. The smallest absolute Gasteiger partial charge is 0.127 e. The zero-order valence-corrected chi connectivity index (χ0v) is 10.6. The standard InChI is InChI=1S/C12H25NO2/c1-5-7-12(2,11-14)10-13(3)8-6-9-15-4/h11H,5-10H2,1-4H3. The van der Waals surface area contributed by atoms with Crippen LogP contribution in [-0.2, 0) is 9.53 Å². The van der Waals surface area contributed by atoms with Gasteiger partial charge in [-0.05, 0) is 19.9 Å². The maximum Gasteiger partial charge on any atom is 0.127 e. The third-order valence-corrected chi connectivity index (χ3v) is 2.63. The second-order valence-corrected chi connectivity index (χ2v) is 4.61. The molecule has 0 spiro atoms. The monoisotopic (exact) mass is 215 g/mol. The van der Waals surface area contributed by atoms with Gasteiger partial charge in [0.15, 0.2) is 0 Å². The molecular formula is C12H25NO2. The van der Waals surface area contributed by atoms with E-state index in [9.17, 15) is 4.79 Å². The van der Waals surface area contributed by atoms with Gasteiger partial charge in [-0.15, -0.1) is 0 Å². The van der Waals surface area contributed by atoms with Crippen LogP contribution < -0.4 is 0 Å². The van der Waals surface area contributed by atoms with Crippen molar-refractivity contribution < 1.29 is 9.53 Å². The topological polar surface area (TPSA) is 29.5 Å². The molecule has 0 saturated heterocycles. The first-order valence-electron chi connectivity index (χ1n) is 5.72. The van der Waals surface area contributed by atoms with Gasteiger partial charge < -0.3 is 14.4 Å². The fourth-order valence-electron chi connectivity index (χ4n) is 1.92. The first kappa shape index (κ1) is 14.6. The van der Waals surface area contributed by atoms with E-state index < -0.39 is 0 Å². The average Bonchev–Trinajstić information content (AvgIpc) is 2.18. The summed E-state index contributed by atoms with van der Waals surface area (Å²) in [5.41, 5.74) is -0.184. The molecule has 0 saturated carbocycles. The lowest BCUT2D eigenvalue weighted by molar-refractivity contribution is -0.116. The van der Waals surface area contributed by atoms with E-state index in [1.165, 1.54) is 0 Å². The van der Waals surface area contributed by atoms with Crippen LogP contribution in [0, 0.1) is 5.41 Å². The summed E-state index contributed by atoms with van der Waals surface area (Å²) in [6, 6.07) is 0. The van der Waals surface area contributed by atoms with E-state index in [1.54, 1.807) is 7.11 Å². The quantitative estimate of drug-likeness (QED) is 0.435. The van der Waals surface area contributed by atoms with Gasteiger partial charge in [0.05, 0.1) is 0 Å². The minimum absolute atomic E-state index is 0.184. The molecule has 0 radical (unpaired) electrons. The Hall–Kier alpha value is -0.410. The molecule has 1 atom stereocenters. The molecule has 3 heteroatoms. The molecule has 0 amide bonds. The normalized spacial score (nSPS) is 15.3. The molecule has 0 aliphatic heterocycles. The van der Waals surface area contributed by atoms with E-state index in [0.717, 1.165) is 45.2 Å². The molecule has 0 aliphatic rings. The van der Waals surface area contributed by atoms with Crippen LogP contribution >= 0.6 is 0 Å². The molecule has 15 heavy (non-hydrogen) atoms. The van der Waals surface area contributed by atoms with Crippen molar-refractivity contribution in [1.82, 2.24) is 4.90 Å². The summed E-state index contributed by atoms with van der Waals surface area (Å²) in [6.45, 7) is 6.77. The molecule has 0 fully saturated rings. The minimum atomic E-state index is -0.184. The van der Waals surface area contributed by atoms with Gasteiger partial charge in [0, 0.05) is 32.2 Å². The van der Waals surface area contributed by atoms with Crippen LogP contribution in [-0.4, -0.2) is 45.0 Å². The third kappa shape index (κ3) is 6.63. The highest BCUT2D eigenvalue weighted by Gasteiger charge is 2.23. The molecule has 0 N–H and O–H groups in total. The molecule has 0 aliphatic carbocycles. The minimum Gasteiger partial charge on any atom is -0.385 e. The SMILES string of the molecule is CCCC(C)(C=O)CN(C)CCCOC. The van der Waals surface area contributed by atoms with Gasteiger partial charge in [-0.3, -0.25) is 0 Å². The molecule has 0 aromatic rings. The Kier molecular flexibility index (Phi) is 7.61. The Morgan fingerprint density at radius 3 is 2.60 bits per heavy atom. The van der Waals surface area contributed by atoms with Gasteiger partial charge >= 0.3 is 0 Å². The summed E-state index contributed by atoms with van der Waals surface area (Å²) in [5, 5.41) is 0. The van der Waals surface area contributed by atoms with Crippen molar-refractivity contribution in [2.24, 2.45) is 5.41 Å². The summed E-state index contributed by atoms with van der Waals surface area (Å²) >= 11 is 0. The zero-order chi connectivity index (χ0) is 11.7. The van der Waals surface area contributed by atoms with Crippen molar-refractivity contribution in [2.45, 2.75) is 33.1 Å². The van der Waals surface area contributed by atoms with Crippen LogP contribution in [0.3, 0.4) is 0 Å². The number of nitrogens with zero attached hydrogens (tertiary/aromatic N) is 1. The van der Waals surface area contributed by atoms with Crippen molar-refractivity contribution in [3.63, 3.8) is 0 Å². The molecule has 3 nitrogen and oxygen atoms in total. The highest BCUT2D eigenvalue weighted by atomic mass is 16.5.